The second-order valence-electron chi connectivity index (χ2n) is 5.84. The summed E-state index contributed by atoms with van der Waals surface area (Å²) in [4.78, 5) is 24.1. The van der Waals surface area contributed by atoms with Gasteiger partial charge in [-0.15, -0.1) is 0 Å². The minimum Gasteiger partial charge on any atom is -0.318 e. The Kier molecular flexibility index (Phi) is 4.49. The van der Waals surface area contributed by atoms with E-state index in [2.05, 4.69) is 15.2 Å². The van der Waals surface area contributed by atoms with E-state index < -0.39 is 11.8 Å². The number of aromatic nitrogens is 1. The van der Waals surface area contributed by atoms with Gasteiger partial charge in [0.05, 0.1) is 0 Å². The van der Waals surface area contributed by atoms with Gasteiger partial charge in [0.1, 0.15) is 5.57 Å². The Morgan fingerprint density at radius 3 is 2.40 bits per heavy atom. The number of nitrogens with zero attached hydrogens (tertiary/aromatic N) is 1. The molecule has 0 spiro atoms. The normalized spacial score (nSPS) is 14.4. The van der Waals surface area contributed by atoms with Crippen LogP contribution in [0.3, 0.4) is 0 Å². The molecule has 2 heterocycles. The van der Waals surface area contributed by atoms with Crippen molar-refractivity contribution in [3.8, 4) is 5.69 Å². The highest BCUT2D eigenvalue weighted by molar-refractivity contribution is 7.80. The summed E-state index contributed by atoms with van der Waals surface area (Å²) in [5.41, 5.74) is 4.61. The topological polar surface area (TPSA) is 63.1 Å². The summed E-state index contributed by atoms with van der Waals surface area (Å²) in [5, 5.41) is 5.58. The number of amides is 2. The van der Waals surface area contributed by atoms with E-state index in [1.54, 1.807) is 6.08 Å². The molecule has 0 saturated carbocycles. The summed E-state index contributed by atoms with van der Waals surface area (Å²) < 4.78 is 2.05. The van der Waals surface area contributed by atoms with Crippen molar-refractivity contribution in [1.29, 1.82) is 0 Å². The van der Waals surface area contributed by atoms with E-state index in [1.165, 1.54) is 0 Å². The fourth-order valence-corrected chi connectivity index (χ4v) is 3.26. The number of carbonyl (C=O) groups is 2. The van der Waals surface area contributed by atoms with Crippen LogP contribution < -0.4 is 10.6 Å². The maximum absolute atomic E-state index is 12.0. The molecule has 128 valence electrons. The molecule has 0 bridgehead atoms. The summed E-state index contributed by atoms with van der Waals surface area (Å²) in [6.07, 6.45) is 1.57. The first-order valence-corrected chi connectivity index (χ1v) is 8.41. The Morgan fingerprint density at radius 2 is 1.76 bits per heavy atom. The highest BCUT2D eigenvalue weighted by atomic mass is 35.5. The second kappa shape index (κ2) is 6.46. The van der Waals surface area contributed by atoms with Gasteiger partial charge in [0.2, 0.25) is 0 Å². The highest BCUT2D eigenvalue weighted by Gasteiger charge is 2.26. The number of aryl methyl sites for hydroxylation is 1. The van der Waals surface area contributed by atoms with Crippen LogP contribution >= 0.6 is 23.8 Å². The lowest BCUT2D eigenvalue weighted by atomic mass is 10.1. The van der Waals surface area contributed by atoms with Crippen molar-refractivity contribution in [2.24, 2.45) is 0 Å². The molecular formula is C18H16ClN3O2S. The molecule has 0 radical (unpaired) electrons. The van der Waals surface area contributed by atoms with Crippen molar-refractivity contribution in [3.63, 3.8) is 0 Å². The number of halogens is 1. The third-order valence-corrected chi connectivity index (χ3v) is 4.81. The predicted molar refractivity (Wildman–Crippen MR) is 102 cm³/mol. The van der Waals surface area contributed by atoms with Crippen molar-refractivity contribution in [3.05, 3.63) is 57.4 Å². The molecule has 2 aromatic rings. The zero-order valence-corrected chi connectivity index (χ0v) is 15.5. The summed E-state index contributed by atoms with van der Waals surface area (Å²) in [6.45, 7) is 5.85. The van der Waals surface area contributed by atoms with Crippen LogP contribution in [0.15, 0.2) is 29.8 Å². The third-order valence-electron chi connectivity index (χ3n) is 4.19. The lowest BCUT2D eigenvalue weighted by molar-refractivity contribution is -0.123. The van der Waals surface area contributed by atoms with E-state index in [-0.39, 0.29) is 10.7 Å². The lowest BCUT2D eigenvalue weighted by Crippen LogP contribution is -2.51. The maximum Gasteiger partial charge on any atom is 0.263 e. The van der Waals surface area contributed by atoms with Crippen molar-refractivity contribution in [2.45, 2.75) is 20.8 Å². The fraction of sp³-hybridized carbons (Fsp3) is 0.167. The van der Waals surface area contributed by atoms with Crippen LogP contribution in [0.5, 0.6) is 0 Å². The molecule has 0 unspecified atom stereocenters. The molecule has 1 aliphatic heterocycles. The molecule has 2 N–H and O–H groups in total. The quantitative estimate of drug-likeness (QED) is 0.483. The standard InChI is InChI=1S/C18H16ClN3O2S/c1-9-7-12(8-13-16(23)20-18(25)21-17(13)24)11(3)22(9)15-6-4-5-14(19)10(15)2/h4-8H,1-3H3,(H2,20,21,23,24,25). The van der Waals surface area contributed by atoms with Crippen LogP contribution in [0.25, 0.3) is 11.8 Å². The van der Waals surface area contributed by atoms with Crippen molar-refractivity contribution in [1.82, 2.24) is 15.2 Å². The van der Waals surface area contributed by atoms with Crippen LogP contribution in [0.4, 0.5) is 0 Å². The number of benzene rings is 1. The van der Waals surface area contributed by atoms with Gasteiger partial charge in [0, 0.05) is 22.1 Å². The molecule has 2 amide bonds. The Morgan fingerprint density at radius 1 is 1.12 bits per heavy atom. The number of hydrogen-bond acceptors (Lipinski definition) is 3. The van der Waals surface area contributed by atoms with Gasteiger partial charge in [-0.2, -0.15) is 0 Å². The molecule has 25 heavy (non-hydrogen) atoms. The van der Waals surface area contributed by atoms with Gasteiger partial charge in [-0.05, 0) is 68.4 Å². The highest BCUT2D eigenvalue weighted by Crippen LogP contribution is 2.28. The Bertz CT molecular complexity index is 937. The SMILES string of the molecule is Cc1c(Cl)cccc1-n1c(C)cc(C=C2C(=O)NC(=S)NC2=O)c1C. The number of rotatable bonds is 2. The smallest absolute Gasteiger partial charge is 0.263 e. The van der Waals surface area contributed by atoms with Gasteiger partial charge in [0.25, 0.3) is 11.8 Å². The van der Waals surface area contributed by atoms with Crippen LogP contribution in [0, 0.1) is 20.8 Å². The number of carbonyl (C=O) groups excluding carboxylic acids is 2. The lowest BCUT2D eigenvalue weighted by Gasteiger charge is -2.16. The van der Waals surface area contributed by atoms with Crippen LogP contribution in [-0.4, -0.2) is 21.5 Å². The average molecular weight is 374 g/mol. The summed E-state index contributed by atoms with van der Waals surface area (Å²) in [5.74, 6) is -1.00. The third kappa shape index (κ3) is 3.10. The molecule has 1 saturated heterocycles. The summed E-state index contributed by atoms with van der Waals surface area (Å²) in [6, 6.07) is 7.65. The first-order chi connectivity index (χ1) is 11.8. The first-order valence-electron chi connectivity index (χ1n) is 7.62. The van der Waals surface area contributed by atoms with Crippen molar-refractivity contribution in [2.75, 3.05) is 0 Å². The molecule has 1 aromatic heterocycles. The number of thiocarbonyl (C=S) groups is 1. The zero-order valence-electron chi connectivity index (χ0n) is 13.9. The van der Waals surface area contributed by atoms with E-state index in [4.69, 9.17) is 23.8 Å². The Hall–Kier alpha value is -2.44. The molecule has 3 rings (SSSR count). The Labute approximate surface area is 155 Å². The van der Waals surface area contributed by atoms with Crippen LogP contribution in [-0.2, 0) is 9.59 Å². The van der Waals surface area contributed by atoms with E-state index in [1.807, 2.05) is 45.0 Å². The molecule has 1 fully saturated rings. The van der Waals surface area contributed by atoms with E-state index >= 15 is 0 Å². The fourth-order valence-electron chi connectivity index (χ4n) is 2.90. The van der Waals surface area contributed by atoms with Gasteiger partial charge < -0.3 is 4.57 Å². The average Bonchev–Trinajstić information content (AvgIpc) is 2.80. The van der Waals surface area contributed by atoms with Crippen LogP contribution in [0.1, 0.15) is 22.5 Å². The largest absolute Gasteiger partial charge is 0.318 e. The maximum atomic E-state index is 12.0. The van der Waals surface area contributed by atoms with E-state index in [9.17, 15) is 9.59 Å². The number of nitrogens with one attached hydrogen (secondary N) is 2. The number of hydrogen-bond donors (Lipinski definition) is 2. The molecular weight excluding hydrogens is 358 g/mol. The van der Waals surface area contributed by atoms with Gasteiger partial charge in [-0.3, -0.25) is 20.2 Å². The zero-order chi connectivity index (χ0) is 18.3. The summed E-state index contributed by atoms with van der Waals surface area (Å²) >= 11 is 11.1. The molecule has 0 atom stereocenters. The van der Waals surface area contributed by atoms with Gasteiger partial charge in [-0.25, -0.2) is 0 Å². The first kappa shape index (κ1) is 17.4. The predicted octanol–water partition coefficient (Wildman–Crippen LogP) is 2.97. The second-order valence-corrected chi connectivity index (χ2v) is 6.66. The van der Waals surface area contributed by atoms with E-state index in [0.29, 0.717) is 5.02 Å². The van der Waals surface area contributed by atoms with E-state index in [0.717, 1.165) is 28.2 Å². The van der Waals surface area contributed by atoms with Gasteiger partial charge in [0.15, 0.2) is 5.11 Å². The minimum absolute atomic E-state index is 0.0205. The minimum atomic E-state index is -0.502. The molecule has 0 aliphatic carbocycles. The van der Waals surface area contributed by atoms with Crippen molar-refractivity contribution >= 4 is 46.8 Å². The van der Waals surface area contributed by atoms with Crippen molar-refractivity contribution < 1.29 is 9.59 Å². The molecule has 5 nitrogen and oxygen atoms in total. The molecule has 1 aromatic carbocycles. The van der Waals surface area contributed by atoms with Crippen LogP contribution in [0.2, 0.25) is 5.02 Å². The monoisotopic (exact) mass is 373 g/mol. The molecule has 7 heteroatoms. The summed E-state index contributed by atoms with van der Waals surface area (Å²) in [7, 11) is 0. The Balaban J connectivity index is 2.11. The molecule has 1 aliphatic rings. The van der Waals surface area contributed by atoms with Gasteiger partial charge >= 0.3 is 0 Å². The van der Waals surface area contributed by atoms with Gasteiger partial charge in [-0.1, -0.05) is 17.7 Å².